The molecule has 0 fully saturated rings. The van der Waals surface area contributed by atoms with Crippen LogP contribution in [0.4, 0.5) is 11.4 Å². The standard InChI is InChI=1S/C13H17NO3.C11H15NO3.2CH4/c1-3-16-13(15)9(2)10-4-5-11-12(8-10)17-7-6-14-11;1-3-15-11(14)7(2)8-4-5-9(12)10(13)6-8;;/h4-5,8-9,14H,3,6-7H2,1-2H3;4-7,13H,3,12H2,1-2H3;2*1H4. The van der Waals surface area contributed by atoms with Gasteiger partial charge in [0.2, 0.25) is 0 Å². The van der Waals surface area contributed by atoms with Crippen molar-refractivity contribution in [3.8, 4) is 11.5 Å². The molecule has 0 saturated carbocycles. The Bertz CT molecular complexity index is 932. The number of carbonyl (C=O) groups excluding carboxylic acids is 2. The quantitative estimate of drug-likeness (QED) is 0.300. The van der Waals surface area contributed by atoms with Crippen LogP contribution < -0.4 is 15.8 Å². The van der Waals surface area contributed by atoms with E-state index >= 15 is 0 Å². The number of ether oxygens (including phenoxy) is 3. The summed E-state index contributed by atoms with van der Waals surface area (Å²) in [5, 5.41) is 12.6. The number of nitrogens with two attached hydrogens (primary N) is 1. The van der Waals surface area contributed by atoms with Crippen molar-refractivity contribution in [1.29, 1.82) is 0 Å². The third-order valence-corrected chi connectivity index (χ3v) is 5.02. The molecule has 0 aromatic heterocycles. The molecule has 0 bridgehead atoms. The van der Waals surface area contributed by atoms with E-state index in [2.05, 4.69) is 5.32 Å². The minimum atomic E-state index is -0.392. The Morgan fingerprint density at radius 1 is 1.00 bits per heavy atom. The number of rotatable bonds is 6. The summed E-state index contributed by atoms with van der Waals surface area (Å²) in [5.74, 6) is -0.353. The van der Waals surface area contributed by atoms with Crippen LogP contribution in [0.15, 0.2) is 36.4 Å². The second-order valence-corrected chi connectivity index (χ2v) is 7.30. The van der Waals surface area contributed by atoms with E-state index in [4.69, 9.17) is 19.9 Å². The van der Waals surface area contributed by atoms with E-state index in [-0.39, 0.29) is 38.5 Å². The molecule has 190 valence electrons. The highest BCUT2D eigenvalue weighted by atomic mass is 16.5. The first kappa shape index (κ1) is 30.6. The maximum atomic E-state index is 11.6. The fraction of sp³-hybridized carbons (Fsp3) is 0.462. The van der Waals surface area contributed by atoms with Gasteiger partial charge in [-0.1, -0.05) is 27.0 Å². The second kappa shape index (κ2) is 14.7. The molecule has 2 unspecified atom stereocenters. The molecule has 3 rings (SSSR count). The lowest BCUT2D eigenvalue weighted by Gasteiger charge is -2.20. The largest absolute Gasteiger partial charge is 0.506 e. The fourth-order valence-corrected chi connectivity index (χ4v) is 3.06. The number of anilines is 2. The van der Waals surface area contributed by atoms with E-state index in [1.54, 1.807) is 26.0 Å². The molecule has 2 aromatic rings. The van der Waals surface area contributed by atoms with Crippen molar-refractivity contribution in [2.75, 3.05) is 37.4 Å². The lowest BCUT2D eigenvalue weighted by Crippen LogP contribution is -2.19. The Hall–Kier alpha value is -3.42. The molecular formula is C26H40N2O6. The van der Waals surface area contributed by atoms with Crippen LogP contribution in [0.25, 0.3) is 0 Å². The second-order valence-electron chi connectivity index (χ2n) is 7.30. The van der Waals surface area contributed by atoms with Crippen LogP contribution in [0.5, 0.6) is 11.5 Å². The zero-order valence-corrected chi connectivity index (χ0v) is 19.0. The normalized spacial score (nSPS) is 12.9. The third-order valence-electron chi connectivity index (χ3n) is 5.02. The summed E-state index contributed by atoms with van der Waals surface area (Å²) in [6.07, 6.45) is 0. The number of carbonyl (C=O) groups is 2. The van der Waals surface area contributed by atoms with Crippen molar-refractivity contribution in [2.45, 2.75) is 54.4 Å². The lowest BCUT2D eigenvalue weighted by atomic mass is 10.0. The van der Waals surface area contributed by atoms with E-state index < -0.39 is 5.92 Å². The average molecular weight is 477 g/mol. The van der Waals surface area contributed by atoms with E-state index in [9.17, 15) is 14.7 Å². The molecule has 0 aliphatic carbocycles. The van der Waals surface area contributed by atoms with Gasteiger partial charge in [-0.15, -0.1) is 0 Å². The minimum Gasteiger partial charge on any atom is -0.506 e. The van der Waals surface area contributed by atoms with Gasteiger partial charge < -0.3 is 30.4 Å². The van der Waals surface area contributed by atoms with Crippen molar-refractivity contribution in [3.05, 3.63) is 47.5 Å². The first-order valence-electron chi connectivity index (χ1n) is 10.7. The van der Waals surface area contributed by atoms with Gasteiger partial charge >= 0.3 is 11.9 Å². The fourth-order valence-electron chi connectivity index (χ4n) is 3.06. The molecule has 0 amide bonds. The summed E-state index contributed by atoms with van der Waals surface area (Å²) in [4.78, 5) is 23.0. The molecule has 8 nitrogen and oxygen atoms in total. The number of fused-ring (bicyclic) bond motifs is 1. The van der Waals surface area contributed by atoms with Gasteiger partial charge in [0.25, 0.3) is 0 Å². The van der Waals surface area contributed by atoms with Crippen molar-refractivity contribution in [1.82, 2.24) is 0 Å². The zero-order chi connectivity index (χ0) is 23.7. The Balaban J connectivity index is 0.000000610. The van der Waals surface area contributed by atoms with Crippen LogP contribution in [-0.4, -0.2) is 43.4 Å². The van der Waals surface area contributed by atoms with Gasteiger partial charge in [0.1, 0.15) is 18.1 Å². The summed E-state index contributed by atoms with van der Waals surface area (Å²) < 4.78 is 15.4. The average Bonchev–Trinajstić information content (AvgIpc) is 2.80. The summed E-state index contributed by atoms with van der Waals surface area (Å²) >= 11 is 0. The number of esters is 2. The SMILES string of the molecule is C.C.CCOC(=O)C(C)c1ccc(N)c(O)c1.CCOC(=O)C(C)c1ccc2c(c1)OCCN2. The number of aromatic hydroxyl groups is 1. The Morgan fingerprint density at radius 2 is 1.53 bits per heavy atom. The van der Waals surface area contributed by atoms with Crippen molar-refractivity contribution in [3.63, 3.8) is 0 Å². The van der Waals surface area contributed by atoms with Crippen molar-refractivity contribution < 1.29 is 28.9 Å². The highest BCUT2D eigenvalue weighted by Gasteiger charge is 2.19. The summed E-state index contributed by atoms with van der Waals surface area (Å²) in [5.41, 5.74) is 8.36. The van der Waals surface area contributed by atoms with Crippen LogP contribution in [0.3, 0.4) is 0 Å². The first-order valence-corrected chi connectivity index (χ1v) is 10.7. The van der Waals surface area contributed by atoms with Crippen molar-refractivity contribution in [2.24, 2.45) is 0 Å². The number of nitrogen functional groups attached to an aromatic ring is 1. The maximum Gasteiger partial charge on any atom is 0.313 e. The van der Waals surface area contributed by atoms with Crippen LogP contribution in [0.1, 0.15) is 65.5 Å². The smallest absolute Gasteiger partial charge is 0.313 e. The van der Waals surface area contributed by atoms with Gasteiger partial charge in [-0.2, -0.15) is 0 Å². The van der Waals surface area contributed by atoms with Gasteiger partial charge in [-0.05, 0) is 63.1 Å². The minimum absolute atomic E-state index is 0. The van der Waals surface area contributed by atoms with Crippen LogP contribution in [0.2, 0.25) is 0 Å². The highest BCUT2D eigenvalue weighted by Crippen LogP contribution is 2.31. The third kappa shape index (κ3) is 8.17. The van der Waals surface area contributed by atoms with Gasteiger partial charge in [0.05, 0.1) is 36.4 Å². The predicted molar refractivity (Wildman–Crippen MR) is 137 cm³/mol. The van der Waals surface area contributed by atoms with E-state index in [0.29, 0.717) is 31.1 Å². The molecule has 2 atom stereocenters. The van der Waals surface area contributed by atoms with E-state index in [1.165, 1.54) is 6.07 Å². The molecule has 4 N–H and O–H groups in total. The first-order chi connectivity index (χ1) is 15.3. The Morgan fingerprint density at radius 3 is 2.06 bits per heavy atom. The summed E-state index contributed by atoms with van der Waals surface area (Å²) in [6, 6.07) is 10.5. The molecule has 0 spiro atoms. The molecule has 0 radical (unpaired) electrons. The molecular weight excluding hydrogens is 436 g/mol. The molecule has 0 saturated heterocycles. The molecule has 1 aliphatic heterocycles. The summed E-state index contributed by atoms with van der Waals surface area (Å²) in [6.45, 7) is 9.37. The topological polar surface area (TPSA) is 120 Å². The summed E-state index contributed by atoms with van der Waals surface area (Å²) in [7, 11) is 0. The number of hydrogen-bond donors (Lipinski definition) is 3. The molecule has 8 heteroatoms. The molecule has 1 aliphatic rings. The number of phenolic OH excluding ortho intramolecular Hbond substituents is 1. The monoisotopic (exact) mass is 476 g/mol. The highest BCUT2D eigenvalue weighted by molar-refractivity contribution is 5.79. The number of hydrogen-bond acceptors (Lipinski definition) is 8. The molecule has 2 aromatic carbocycles. The van der Waals surface area contributed by atoms with Gasteiger partial charge in [-0.3, -0.25) is 9.59 Å². The van der Waals surface area contributed by atoms with Gasteiger partial charge in [0, 0.05) is 6.54 Å². The van der Waals surface area contributed by atoms with Gasteiger partial charge in [0.15, 0.2) is 0 Å². The van der Waals surface area contributed by atoms with Crippen LogP contribution >= 0.6 is 0 Å². The van der Waals surface area contributed by atoms with Crippen LogP contribution in [0, 0.1) is 0 Å². The number of benzene rings is 2. The molecule has 1 heterocycles. The predicted octanol–water partition coefficient (Wildman–Crippen LogP) is 5.07. The zero-order valence-electron chi connectivity index (χ0n) is 19.0. The van der Waals surface area contributed by atoms with E-state index in [0.717, 1.165) is 23.5 Å². The molecule has 34 heavy (non-hydrogen) atoms. The Kier molecular flexibility index (Phi) is 13.2. The lowest BCUT2D eigenvalue weighted by molar-refractivity contribution is -0.145. The number of nitrogens with one attached hydrogen (secondary N) is 1. The maximum absolute atomic E-state index is 11.6. The van der Waals surface area contributed by atoms with Gasteiger partial charge in [-0.25, -0.2) is 0 Å². The van der Waals surface area contributed by atoms with Crippen molar-refractivity contribution >= 4 is 23.3 Å². The van der Waals surface area contributed by atoms with E-state index in [1.807, 2.05) is 32.0 Å². The van der Waals surface area contributed by atoms with Crippen LogP contribution in [-0.2, 0) is 19.1 Å². The Labute approximate surface area is 203 Å². The number of phenols is 1.